The van der Waals surface area contributed by atoms with Crippen LogP contribution in [0.2, 0.25) is 0 Å². The Bertz CT molecular complexity index is 2930. The first-order chi connectivity index (χ1) is 27.8. The van der Waals surface area contributed by atoms with Crippen molar-refractivity contribution in [1.29, 1.82) is 0 Å². The SMILES string of the molecule is CC1=C(C(C)(C)c2ccc3c(c2)CC(C)c2c(-c4cccc(-n5c6ccc(-c7ccccc7)cc6c6cc(-c7ccccc7C)ccc65)c4)cccc2-3)CCC=C1. The van der Waals surface area contributed by atoms with E-state index in [1.165, 1.54) is 99.8 Å². The zero-order valence-electron chi connectivity index (χ0n) is 33.7. The van der Waals surface area contributed by atoms with E-state index in [0.717, 1.165) is 19.3 Å². The fraction of sp³-hybridized carbons (Fsp3) is 0.179. The van der Waals surface area contributed by atoms with Crippen LogP contribution in [0.3, 0.4) is 0 Å². The second-order valence-electron chi connectivity index (χ2n) is 17.0. The van der Waals surface area contributed by atoms with Gasteiger partial charge in [0.25, 0.3) is 0 Å². The summed E-state index contributed by atoms with van der Waals surface area (Å²) in [6, 6.07) is 57.0. The Morgan fingerprint density at radius 3 is 2.02 bits per heavy atom. The molecule has 1 aromatic heterocycles. The third-order valence-electron chi connectivity index (χ3n) is 13.1. The van der Waals surface area contributed by atoms with E-state index in [9.17, 15) is 0 Å². The van der Waals surface area contributed by atoms with Crippen molar-refractivity contribution in [3.63, 3.8) is 0 Å². The summed E-state index contributed by atoms with van der Waals surface area (Å²) >= 11 is 0. The molecule has 2 aliphatic carbocycles. The van der Waals surface area contributed by atoms with Crippen LogP contribution in [-0.2, 0) is 11.8 Å². The van der Waals surface area contributed by atoms with Crippen molar-refractivity contribution in [3.05, 3.63) is 197 Å². The molecule has 1 atom stereocenters. The summed E-state index contributed by atoms with van der Waals surface area (Å²) in [6.45, 7) is 11.7. The maximum Gasteiger partial charge on any atom is 0.0541 e. The first-order valence-corrected chi connectivity index (χ1v) is 20.7. The van der Waals surface area contributed by atoms with Crippen molar-refractivity contribution in [2.45, 2.75) is 65.2 Å². The van der Waals surface area contributed by atoms with Crippen LogP contribution < -0.4 is 0 Å². The van der Waals surface area contributed by atoms with Crippen LogP contribution >= 0.6 is 0 Å². The molecule has 2 aliphatic rings. The predicted octanol–water partition coefficient (Wildman–Crippen LogP) is 15.4. The smallest absolute Gasteiger partial charge is 0.0541 e. The van der Waals surface area contributed by atoms with E-state index in [-0.39, 0.29) is 5.41 Å². The quantitative estimate of drug-likeness (QED) is 0.160. The third-order valence-corrected chi connectivity index (χ3v) is 13.1. The number of benzene rings is 7. The maximum absolute atomic E-state index is 2.52. The molecule has 7 aromatic carbocycles. The summed E-state index contributed by atoms with van der Waals surface area (Å²) in [4.78, 5) is 0. The van der Waals surface area contributed by atoms with Crippen molar-refractivity contribution in [3.8, 4) is 50.2 Å². The van der Waals surface area contributed by atoms with Gasteiger partial charge in [-0.25, -0.2) is 0 Å². The molecule has 0 radical (unpaired) electrons. The molecule has 1 heterocycles. The Kier molecular flexibility index (Phi) is 8.52. The molecular weight excluding hydrogens is 687 g/mol. The number of nitrogens with zero attached hydrogens (tertiary/aromatic N) is 1. The third kappa shape index (κ3) is 5.91. The van der Waals surface area contributed by atoms with Crippen molar-refractivity contribution in [2.75, 3.05) is 0 Å². The molecule has 57 heavy (non-hydrogen) atoms. The highest BCUT2D eigenvalue weighted by atomic mass is 15.0. The number of aromatic nitrogens is 1. The van der Waals surface area contributed by atoms with Crippen LogP contribution in [0.25, 0.3) is 72.0 Å². The first-order valence-electron chi connectivity index (χ1n) is 20.7. The molecule has 1 nitrogen and oxygen atoms in total. The maximum atomic E-state index is 2.52. The van der Waals surface area contributed by atoms with Crippen molar-refractivity contribution >= 4 is 21.8 Å². The Balaban J connectivity index is 1.10. The highest BCUT2D eigenvalue weighted by Gasteiger charge is 2.31. The second kappa shape index (κ2) is 13.8. The van der Waals surface area contributed by atoms with Gasteiger partial charge in [0.15, 0.2) is 0 Å². The number of aryl methyl sites for hydroxylation is 1. The molecule has 0 spiro atoms. The van der Waals surface area contributed by atoms with Gasteiger partial charge >= 0.3 is 0 Å². The molecule has 0 saturated heterocycles. The van der Waals surface area contributed by atoms with Crippen LogP contribution in [0, 0.1) is 6.92 Å². The normalized spacial score (nSPS) is 15.3. The number of hydrogen-bond donors (Lipinski definition) is 0. The summed E-state index contributed by atoms with van der Waals surface area (Å²) in [7, 11) is 0. The van der Waals surface area contributed by atoms with Crippen LogP contribution in [-0.4, -0.2) is 4.57 Å². The zero-order chi connectivity index (χ0) is 38.8. The number of hydrogen-bond acceptors (Lipinski definition) is 0. The summed E-state index contributed by atoms with van der Waals surface area (Å²) in [6.07, 6.45) is 7.96. The Morgan fingerprint density at radius 2 is 1.23 bits per heavy atom. The van der Waals surface area contributed by atoms with E-state index in [1.807, 2.05) is 0 Å². The molecule has 0 aliphatic heterocycles. The fourth-order valence-electron chi connectivity index (χ4n) is 10.2. The molecule has 278 valence electrons. The lowest BCUT2D eigenvalue weighted by atomic mass is 9.70. The summed E-state index contributed by atoms with van der Waals surface area (Å²) in [5.74, 6) is 0.397. The fourth-order valence-corrected chi connectivity index (χ4v) is 10.2. The molecule has 0 fully saturated rings. The monoisotopic (exact) mass is 735 g/mol. The first kappa shape index (κ1) is 35.2. The van der Waals surface area contributed by atoms with E-state index in [0.29, 0.717) is 5.92 Å². The van der Waals surface area contributed by atoms with E-state index in [2.05, 4.69) is 203 Å². The van der Waals surface area contributed by atoms with Gasteiger partial charge < -0.3 is 4.57 Å². The van der Waals surface area contributed by atoms with Gasteiger partial charge in [-0.3, -0.25) is 0 Å². The van der Waals surface area contributed by atoms with Gasteiger partial charge in [0, 0.05) is 21.9 Å². The summed E-state index contributed by atoms with van der Waals surface area (Å²) < 4.78 is 2.47. The molecule has 0 saturated carbocycles. The lowest BCUT2D eigenvalue weighted by molar-refractivity contribution is 0.582. The largest absolute Gasteiger partial charge is 0.309 e. The van der Waals surface area contributed by atoms with Gasteiger partial charge in [0.05, 0.1) is 11.0 Å². The van der Waals surface area contributed by atoms with Crippen molar-refractivity contribution in [1.82, 2.24) is 4.57 Å². The molecule has 8 aromatic rings. The standard InChI is InChI=1S/C56H49N/c1-36-15-9-11-21-46(36)42-26-30-54-51(35-42)50-34-40(39-17-7-6-8-18-39)25-29-53(50)57(54)45-20-13-19-41(33-45)48-22-14-23-49-47-28-27-44(32-43(47)31-38(3)55(48)49)56(4,5)52-24-12-10-16-37(52)2/h6-11,13-23,25-30,32-35,38H,12,24,31H2,1-5H3. The van der Waals surface area contributed by atoms with Gasteiger partial charge in [-0.2, -0.15) is 0 Å². The van der Waals surface area contributed by atoms with Crippen LogP contribution in [0.4, 0.5) is 0 Å². The van der Waals surface area contributed by atoms with E-state index in [1.54, 1.807) is 5.57 Å². The molecule has 10 rings (SSSR count). The minimum Gasteiger partial charge on any atom is -0.309 e. The highest BCUT2D eigenvalue weighted by Crippen LogP contribution is 2.47. The summed E-state index contributed by atoms with van der Waals surface area (Å²) in [5.41, 5.74) is 22.6. The van der Waals surface area contributed by atoms with Gasteiger partial charge in [-0.1, -0.05) is 159 Å². The van der Waals surface area contributed by atoms with Gasteiger partial charge in [0.1, 0.15) is 0 Å². The zero-order valence-corrected chi connectivity index (χ0v) is 33.7. The van der Waals surface area contributed by atoms with E-state index in [4.69, 9.17) is 0 Å². The van der Waals surface area contributed by atoms with Crippen LogP contribution in [0.5, 0.6) is 0 Å². The second-order valence-corrected chi connectivity index (χ2v) is 17.0. The molecule has 1 heteroatoms. The minimum atomic E-state index is 0.00760. The number of fused-ring (bicyclic) bond motifs is 6. The van der Waals surface area contributed by atoms with E-state index < -0.39 is 0 Å². The highest BCUT2D eigenvalue weighted by molar-refractivity contribution is 6.11. The molecule has 1 unspecified atom stereocenters. The summed E-state index contributed by atoms with van der Waals surface area (Å²) in [5, 5.41) is 2.54. The Morgan fingerprint density at radius 1 is 0.561 bits per heavy atom. The van der Waals surface area contributed by atoms with Crippen molar-refractivity contribution < 1.29 is 0 Å². The Hall–Kier alpha value is -6.18. The van der Waals surface area contributed by atoms with Gasteiger partial charge in [-0.05, 0) is 142 Å². The number of allylic oxidation sites excluding steroid dienone is 4. The number of rotatable bonds is 6. The lowest BCUT2D eigenvalue weighted by Gasteiger charge is -2.34. The van der Waals surface area contributed by atoms with Gasteiger partial charge in [0.2, 0.25) is 0 Å². The topological polar surface area (TPSA) is 4.93 Å². The average molecular weight is 736 g/mol. The van der Waals surface area contributed by atoms with Crippen molar-refractivity contribution in [2.24, 2.45) is 0 Å². The predicted molar refractivity (Wildman–Crippen MR) is 243 cm³/mol. The minimum absolute atomic E-state index is 0.00760. The average Bonchev–Trinajstić information content (AvgIpc) is 3.57. The lowest BCUT2D eigenvalue weighted by Crippen LogP contribution is -2.23. The van der Waals surface area contributed by atoms with E-state index >= 15 is 0 Å². The Labute approximate surface area is 337 Å². The molecule has 0 bridgehead atoms. The van der Waals surface area contributed by atoms with Crippen LogP contribution in [0.15, 0.2) is 175 Å². The molecule has 0 N–H and O–H groups in total. The molecular formula is C56H49N. The van der Waals surface area contributed by atoms with Crippen LogP contribution in [0.1, 0.15) is 68.7 Å². The van der Waals surface area contributed by atoms with Gasteiger partial charge in [-0.15, -0.1) is 0 Å². The molecule has 0 amide bonds.